The molecule has 1 atom stereocenters. The van der Waals surface area contributed by atoms with Gasteiger partial charge < -0.3 is 14.4 Å². The summed E-state index contributed by atoms with van der Waals surface area (Å²) in [7, 11) is 3.17. The van der Waals surface area contributed by atoms with Gasteiger partial charge in [-0.15, -0.1) is 0 Å². The van der Waals surface area contributed by atoms with Crippen LogP contribution in [-0.4, -0.2) is 50.7 Å². The molecule has 1 amide bonds. The van der Waals surface area contributed by atoms with Crippen molar-refractivity contribution < 1.29 is 14.3 Å². The van der Waals surface area contributed by atoms with Crippen molar-refractivity contribution in [2.75, 3.05) is 38.8 Å². The standard InChI is InChI=1S/C31H33N3O3/c1-36-29-14-13-26(18-30(29)37-2)31(35)34(21-28-10-5-15-33(28)20-22-11-12-22)27-9-4-8-25(17-27)24-7-3-6-23(16-24)19-32/h3-4,6-9,13-14,16-18,22,28H,5,10-12,15,20-21H2,1-2H3/t28-/m0/s1. The zero-order valence-corrected chi connectivity index (χ0v) is 21.5. The smallest absolute Gasteiger partial charge is 0.258 e. The van der Waals surface area contributed by atoms with Gasteiger partial charge in [-0.05, 0) is 91.7 Å². The molecule has 6 heteroatoms. The van der Waals surface area contributed by atoms with Crippen LogP contribution in [0.4, 0.5) is 5.69 Å². The lowest BCUT2D eigenvalue weighted by molar-refractivity contribution is 0.0977. The molecule has 1 heterocycles. The second kappa shape index (κ2) is 11.1. The number of nitriles is 1. The maximum Gasteiger partial charge on any atom is 0.258 e. The highest BCUT2D eigenvalue weighted by atomic mass is 16.5. The number of rotatable bonds is 9. The van der Waals surface area contributed by atoms with Crippen LogP contribution < -0.4 is 14.4 Å². The Balaban J connectivity index is 1.50. The molecule has 2 fully saturated rings. The van der Waals surface area contributed by atoms with E-state index in [-0.39, 0.29) is 5.91 Å². The topological polar surface area (TPSA) is 65.8 Å². The van der Waals surface area contributed by atoms with Crippen LogP contribution in [0.5, 0.6) is 11.5 Å². The van der Waals surface area contributed by atoms with Gasteiger partial charge in [0, 0.05) is 30.4 Å². The van der Waals surface area contributed by atoms with Crippen molar-refractivity contribution in [2.45, 2.75) is 31.7 Å². The molecule has 5 rings (SSSR count). The molecule has 0 spiro atoms. The highest BCUT2D eigenvalue weighted by Gasteiger charge is 2.33. The number of amides is 1. The molecule has 6 nitrogen and oxygen atoms in total. The van der Waals surface area contributed by atoms with Crippen LogP contribution in [-0.2, 0) is 0 Å². The van der Waals surface area contributed by atoms with Gasteiger partial charge in [0.25, 0.3) is 5.91 Å². The molecule has 0 unspecified atom stereocenters. The third-order valence-corrected chi connectivity index (χ3v) is 7.44. The zero-order chi connectivity index (χ0) is 25.8. The summed E-state index contributed by atoms with van der Waals surface area (Å²) in [6, 6.07) is 23.5. The Morgan fingerprint density at radius 3 is 2.46 bits per heavy atom. The number of nitrogens with zero attached hydrogens (tertiary/aromatic N) is 3. The summed E-state index contributed by atoms with van der Waals surface area (Å²) in [6.07, 6.45) is 4.89. The van der Waals surface area contributed by atoms with Crippen molar-refractivity contribution >= 4 is 11.6 Å². The normalized spacial score (nSPS) is 17.3. The van der Waals surface area contributed by atoms with Crippen LogP contribution >= 0.6 is 0 Å². The molecular weight excluding hydrogens is 462 g/mol. The Labute approximate surface area is 219 Å². The summed E-state index contributed by atoms with van der Waals surface area (Å²) in [6.45, 7) is 2.85. The largest absolute Gasteiger partial charge is 0.493 e. The van der Waals surface area contributed by atoms with E-state index in [0.29, 0.717) is 35.2 Å². The first kappa shape index (κ1) is 24.9. The van der Waals surface area contributed by atoms with Crippen LogP contribution in [0, 0.1) is 17.2 Å². The summed E-state index contributed by atoms with van der Waals surface area (Å²) in [5.41, 5.74) is 3.94. The molecule has 1 aliphatic carbocycles. The Morgan fingerprint density at radius 1 is 0.973 bits per heavy atom. The molecule has 0 N–H and O–H groups in total. The van der Waals surface area contributed by atoms with Gasteiger partial charge in [0.05, 0.1) is 25.9 Å². The van der Waals surface area contributed by atoms with E-state index in [1.165, 1.54) is 12.8 Å². The van der Waals surface area contributed by atoms with Crippen molar-refractivity contribution in [3.8, 4) is 28.7 Å². The van der Waals surface area contributed by atoms with Crippen LogP contribution in [0.3, 0.4) is 0 Å². The van der Waals surface area contributed by atoms with Gasteiger partial charge in [0.15, 0.2) is 11.5 Å². The highest BCUT2D eigenvalue weighted by molar-refractivity contribution is 6.06. The van der Waals surface area contributed by atoms with E-state index in [1.54, 1.807) is 38.5 Å². The fraction of sp³-hybridized carbons (Fsp3) is 0.355. The summed E-state index contributed by atoms with van der Waals surface area (Å²) in [5.74, 6) is 1.87. The molecule has 3 aromatic rings. The quantitative estimate of drug-likeness (QED) is 0.377. The molecule has 2 aliphatic rings. The van der Waals surface area contributed by atoms with Crippen molar-refractivity contribution in [3.63, 3.8) is 0 Å². The molecule has 190 valence electrons. The minimum atomic E-state index is -0.0675. The van der Waals surface area contributed by atoms with Crippen LogP contribution in [0.15, 0.2) is 66.7 Å². The summed E-state index contributed by atoms with van der Waals surface area (Å²) in [5, 5.41) is 9.35. The average molecular weight is 496 g/mol. The van der Waals surface area contributed by atoms with E-state index in [1.807, 2.05) is 41.3 Å². The zero-order valence-electron chi connectivity index (χ0n) is 21.5. The number of methoxy groups -OCH3 is 2. The monoisotopic (exact) mass is 495 g/mol. The third kappa shape index (κ3) is 5.63. The number of anilines is 1. The lowest BCUT2D eigenvalue weighted by Gasteiger charge is -2.31. The first-order chi connectivity index (χ1) is 18.1. The fourth-order valence-electron chi connectivity index (χ4n) is 5.24. The Kier molecular flexibility index (Phi) is 7.43. The van der Waals surface area contributed by atoms with Crippen LogP contribution in [0.1, 0.15) is 41.6 Å². The number of benzene rings is 3. The van der Waals surface area contributed by atoms with Gasteiger partial charge in [-0.25, -0.2) is 0 Å². The molecule has 0 aromatic heterocycles. The molecule has 0 radical (unpaired) electrons. The Morgan fingerprint density at radius 2 is 1.73 bits per heavy atom. The SMILES string of the molecule is COc1ccc(C(=O)N(C[C@@H]2CCCN2CC2CC2)c2cccc(-c3cccc(C#N)c3)c2)cc1OC. The fourth-order valence-corrected chi connectivity index (χ4v) is 5.24. The molecule has 3 aromatic carbocycles. The predicted molar refractivity (Wildman–Crippen MR) is 145 cm³/mol. The number of carbonyl (C=O) groups is 1. The van der Waals surface area contributed by atoms with Gasteiger partial charge in [0.1, 0.15) is 0 Å². The number of ether oxygens (including phenoxy) is 2. The molecule has 1 saturated heterocycles. The highest BCUT2D eigenvalue weighted by Crippen LogP contribution is 2.34. The van der Waals surface area contributed by atoms with Crippen LogP contribution in [0.2, 0.25) is 0 Å². The van der Waals surface area contributed by atoms with E-state index in [0.717, 1.165) is 48.7 Å². The van der Waals surface area contributed by atoms with E-state index < -0.39 is 0 Å². The number of hydrogen-bond donors (Lipinski definition) is 0. The second-order valence-electron chi connectivity index (χ2n) is 9.96. The first-order valence-electron chi connectivity index (χ1n) is 13.0. The van der Waals surface area contributed by atoms with Crippen molar-refractivity contribution in [3.05, 3.63) is 77.9 Å². The van der Waals surface area contributed by atoms with E-state index in [4.69, 9.17) is 9.47 Å². The van der Waals surface area contributed by atoms with Crippen molar-refractivity contribution in [1.82, 2.24) is 4.90 Å². The number of likely N-dealkylation sites (tertiary alicyclic amines) is 1. The van der Waals surface area contributed by atoms with Gasteiger partial charge in [-0.2, -0.15) is 5.26 Å². The molecule has 0 bridgehead atoms. The van der Waals surface area contributed by atoms with E-state index in [2.05, 4.69) is 17.0 Å². The molecule has 37 heavy (non-hydrogen) atoms. The van der Waals surface area contributed by atoms with Crippen LogP contribution in [0.25, 0.3) is 11.1 Å². The Bertz CT molecular complexity index is 1310. The van der Waals surface area contributed by atoms with Crippen molar-refractivity contribution in [2.24, 2.45) is 5.92 Å². The van der Waals surface area contributed by atoms with E-state index in [9.17, 15) is 10.1 Å². The molecular formula is C31H33N3O3. The maximum atomic E-state index is 14.1. The average Bonchev–Trinajstić information content (AvgIpc) is 3.67. The minimum Gasteiger partial charge on any atom is -0.493 e. The van der Waals surface area contributed by atoms with Gasteiger partial charge in [-0.3, -0.25) is 9.69 Å². The summed E-state index contributed by atoms with van der Waals surface area (Å²) < 4.78 is 10.9. The van der Waals surface area contributed by atoms with E-state index >= 15 is 0 Å². The third-order valence-electron chi connectivity index (χ3n) is 7.44. The number of hydrogen-bond acceptors (Lipinski definition) is 5. The summed E-state index contributed by atoms with van der Waals surface area (Å²) >= 11 is 0. The first-order valence-corrected chi connectivity index (χ1v) is 13.0. The predicted octanol–water partition coefficient (Wildman–Crippen LogP) is 5.76. The van der Waals surface area contributed by atoms with Gasteiger partial charge >= 0.3 is 0 Å². The maximum absolute atomic E-state index is 14.1. The summed E-state index contributed by atoms with van der Waals surface area (Å²) in [4.78, 5) is 18.5. The van der Waals surface area contributed by atoms with Gasteiger partial charge in [-0.1, -0.05) is 24.3 Å². The lowest BCUT2D eigenvalue weighted by Crippen LogP contribution is -2.44. The molecule has 1 saturated carbocycles. The number of carbonyl (C=O) groups excluding carboxylic acids is 1. The Hall–Kier alpha value is -3.82. The molecule has 1 aliphatic heterocycles. The minimum absolute atomic E-state index is 0.0675. The van der Waals surface area contributed by atoms with Crippen molar-refractivity contribution in [1.29, 1.82) is 5.26 Å². The second-order valence-corrected chi connectivity index (χ2v) is 9.96. The van der Waals surface area contributed by atoms with Gasteiger partial charge in [0.2, 0.25) is 0 Å². The lowest BCUT2D eigenvalue weighted by atomic mass is 10.0.